The predicted molar refractivity (Wildman–Crippen MR) is 116 cm³/mol. The van der Waals surface area contributed by atoms with Crippen LogP contribution in [0.4, 0.5) is 0 Å². The van der Waals surface area contributed by atoms with Crippen molar-refractivity contribution < 1.29 is 8.42 Å². The highest BCUT2D eigenvalue weighted by atomic mass is 35.5. The molecule has 156 valence electrons. The summed E-state index contributed by atoms with van der Waals surface area (Å²) in [5, 5.41) is 7.60. The third-order valence-corrected chi connectivity index (χ3v) is 7.84. The van der Waals surface area contributed by atoms with E-state index in [-0.39, 0.29) is 17.2 Å². The van der Waals surface area contributed by atoms with Gasteiger partial charge < -0.3 is 10.6 Å². The summed E-state index contributed by atoms with van der Waals surface area (Å²) in [5.41, 5.74) is 1.36. The Hall–Kier alpha value is -1.31. The van der Waals surface area contributed by atoms with Crippen LogP contribution in [0.25, 0.3) is 0 Å². The first-order valence-electron chi connectivity index (χ1n) is 10.2. The van der Waals surface area contributed by atoms with Gasteiger partial charge in [0.1, 0.15) is 0 Å². The molecule has 1 saturated carbocycles. The number of halogens is 1. The number of sulfonamides is 1. The molecule has 1 aromatic rings. The monoisotopic (exact) mass is 426 g/mol. The number of nitrogens with one attached hydrogen (secondary N) is 2. The van der Waals surface area contributed by atoms with Crippen LogP contribution in [0.5, 0.6) is 0 Å². The molecular formula is C20H31ClN4O2S. The molecule has 0 aromatic heterocycles. The highest BCUT2D eigenvalue weighted by Gasteiger charge is 2.44. The van der Waals surface area contributed by atoms with Gasteiger partial charge in [0.2, 0.25) is 10.0 Å². The van der Waals surface area contributed by atoms with Crippen molar-refractivity contribution >= 4 is 27.6 Å². The summed E-state index contributed by atoms with van der Waals surface area (Å²) in [7, 11) is -3.09. The van der Waals surface area contributed by atoms with E-state index in [4.69, 9.17) is 16.6 Å². The number of rotatable bonds is 7. The van der Waals surface area contributed by atoms with E-state index in [1.165, 1.54) is 5.56 Å². The minimum Gasteiger partial charge on any atom is -0.357 e. The van der Waals surface area contributed by atoms with Crippen LogP contribution >= 0.6 is 11.6 Å². The number of benzene rings is 1. The zero-order chi connectivity index (χ0) is 20.2. The van der Waals surface area contributed by atoms with Gasteiger partial charge in [0, 0.05) is 36.1 Å². The largest absolute Gasteiger partial charge is 0.357 e. The highest BCUT2D eigenvalue weighted by molar-refractivity contribution is 7.89. The minimum absolute atomic E-state index is 0.103. The maximum absolute atomic E-state index is 12.0. The van der Waals surface area contributed by atoms with E-state index in [0.717, 1.165) is 49.8 Å². The van der Waals surface area contributed by atoms with Crippen molar-refractivity contribution in [2.24, 2.45) is 4.99 Å². The van der Waals surface area contributed by atoms with E-state index in [9.17, 15) is 8.42 Å². The lowest BCUT2D eigenvalue weighted by Crippen LogP contribution is -2.50. The fourth-order valence-corrected chi connectivity index (χ4v) is 5.03. The first kappa shape index (κ1) is 21.4. The predicted octanol–water partition coefficient (Wildman–Crippen LogP) is 2.74. The molecule has 0 bridgehead atoms. The first-order chi connectivity index (χ1) is 13.4. The molecule has 6 nitrogen and oxygen atoms in total. The van der Waals surface area contributed by atoms with Crippen LogP contribution in [0, 0.1) is 0 Å². The Labute approximate surface area is 173 Å². The molecule has 0 atom stereocenters. The summed E-state index contributed by atoms with van der Waals surface area (Å²) >= 11 is 6.17. The molecule has 2 N–H and O–H groups in total. The molecular weight excluding hydrogens is 396 g/mol. The molecule has 2 aliphatic rings. The van der Waals surface area contributed by atoms with Crippen molar-refractivity contribution in [2.75, 3.05) is 31.9 Å². The van der Waals surface area contributed by atoms with Gasteiger partial charge in [-0.15, -0.1) is 0 Å². The lowest BCUT2D eigenvalue weighted by Gasteiger charge is -2.32. The van der Waals surface area contributed by atoms with Crippen molar-refractivity contribution in [1.82, 2.24) is 14.9 Å². The van der Waals surface area contributed by atoms with Gasteiger partial charge in [-0.3, -0.25) is 4.99 Å². The molecule has 0 amide bonds. The molecule has 2 fully saturated rings. The summed E-state index contributed by atoms with van der Waals surface area (Å²) in [6.45, 7) is 6.41. The summed E-state index contributed by atoms with van der Waals surface area (Å²) in [5.74, 6) is 0.980. The zero-order valence-corrected chi connectivity index (χ0v) is 18.3. The number of piperidine rings is 1. The average Bonchev–Trinajstić information content (AvgIpc) is 3.48. The molecule has 1 aliphatic carbocycles. The maximum atomic E-state index is 12.0. The van der Waals surface area contributed by atoms with Gasteiger partial charge in [0.25, 0.3) is 0 Å². The van der Waals surface area contributed by atoms with Gasteiger partial charge in [0.15, 0.2) is 5.96 Å². The van der Waals surface area contributed by atoms with Crippen molar-refractivity contribution in [1.29, 1.82) is 0 Å². The second kappa shape index (κ2) is 9.01. The molecule has 1 heterocycles. The smallest absolute Gasteiger partial charge is 0.213 e. The molecule has 1 saturated heterocycles. The van der Waals surface area contributed by atoms with Crippen LogP contribution in [0.2, 0.25) is 5.02 Å². The molecule has 0 unspecified atom stereocenters. The van der Waals surface area contributed by atoms with Crippen LogP contribution in [0.15, 0.2) is 29.3 Å². The van der Waals surface area contributed by atoms with Crippen molar-refractivity contribution in [3.05, 3.63) is 34.9 Å². The van der Waals surface area contributed by atoms with E-state index in [1.54, 1.807) is 11.2 Å². The SMILES string of the molecule is CCNC(=NCC1(c2cccc(Cl)c2)CC1)NC1CCN(S(=O)(=O)CC)CC1. The standard InChI is InChI=1S/C20H31ClN4O2S/c1-3-22-19(24-18-8-12-25(13-9-18)28(26,27)4-2)23-15-20(10-11-20)16-6-5-7-17(21)14-16/h5-7,14,18H,3-4,8-13,15H2,1-2H3,(H2,22,23,24). The van der Waals surface area contributed by atoms with Crippen LogP contribution in [0.1, 0.15) is 45.1 Å². The van der Waals surface area contributed by atoms with E-state index >= 15 is 0 Å². The Morgan fingerprint density at radius 1 is 1.29 bits per heavy atom. The van der Waals surface area contributed by atoms with Gasteiger partial charge in [-0.2, -0.15) is 0 Å². The lowest BCUT2D eigenvalue weighted by molar-refractivity contribution is 0.306. The first-order valence-corrected chi connectivity index (χ1v) is 12.2. The van der Waals surface area contributed by atoms with Crippen LogP contribution < -0.4 is 10.6 Å². The van der Waals surface area contributed by atoms with Crippen molar-refractivity contribution in [2.45, 2.75) is 51.0 Å². The molecule has 8 heteroatoms. The Bertz CT molecular complexity index is 800. The van der Waals surface area contributed by atoms with E-state index < -0.39 is 10.0 Å². The van der Waals surface area contributed by atoms with E-state index in [1.807, 2.05) is 18.2 Å². The Morgan fingerprint density at radius 2 is 2.00 bits per heavy atom. The lowest BCUT2D eigenvalue weighted by atomic mass is 9.96. The molecule has 1 aliphatic heterocycles. The van der Waals surface area contributed by atoms with Crippen LogP contribution in [-0.2, 0) is 15.4 Å². The Balaban J connectivity index is 1.60. The minimum atomic E-state index is -3.09. The Kier molecular flexibility index (Phi) is 6.89. The molecule has 3 rings (SSSR count). The van der Waals surface area contributed by atoms with Gasteiger partial charge in [-0.1, -0.05) is 23.7 Å². The summed E-state index contributed by atoms with van der Waals surface area (Å²) in [4.78, 5) is 4.85. The van der Waals surface area contributed by atoms with Gasteiger partial charge >= 0.3 is 0 Å². The molecule has 1 aromatic carbocycles. The topological polar surface area (TPSA) is 73.8 Å². The second-order valence-electron chi connectivity index (χ2n) is 7.70. The fraction of sp³-hybridized carbons (Fsp3) is 0.650. The van der Waals surface area contributed by atoms with E-state index in [0.29, 0.717) is 13.1 Å². The van der Waals surface area contributed by atoms with Crippen LogP contribution in [0.3, 0.4) is 0 Å². The van der Waals surface area contributed by atoms with Gasteiger partial charge in [-0.25, -0.2) is 12.7 Å². The maximum Gasteiger partial charge on any atom is 0.213 e. The molecule has 0 radical (unpaired) electrons. The zero-order valence-electron chi connectivity index (χ0n) is 16.7. The average molecular weight is 427 g/mol. The number of aliphatic imine (C=N–C) groups is 1. The number of guanidine groups is 1. The Morgan fingerprint density at radius 3 is 2.57 bits per heavy atom. The van der Waals surface area contributed by atoms with Crippen molar-refractivity contribution in [3.63, 3.8) is 0 Å². The molecule has 28 heavy (non-hydrogen) atoms. The normalized spacial score (nSPS) is 20.8. The highest BCUT2D eigenvalue weighted by Crippen LogP contribution is 2.48. The number of hydrogen-bond acceptors (Lipinski definition) is 3. The summed E-state index contributed by atoms with van der Waals surface area (Å²) in [6, 6.07) is 8.33. The van der Waals surface area contributed by atoms with Crippen LogP contribution in [-0.4, -0.2) is 56.7 Å². The molecule has 0 spiro atoms. The summed E-state index contributed by atoms with van der Waals surface area (Å²) < 4.78 is 25.7. The fourth-order valence-electron chi connectivity index (χ4n) is 3.71. The van der Waals surface area contributed by atoms with Gasteiger partial charge in [-0.05, 0) is 57.2 Å². The third-order valence-electron chi connectivity index (χ3n) is 5.73. The van der Waals surface area contributed by atoms with Crippen molar-refractivity contribution in [3.8, 4) is 0 Å². The number of nitrogens with zero attached hydrogens (tertiary/aromatic N) is 2. The van der Waals surface area contributed by atoms with E-state index in [2.05, 4.69) is 23.6 Å². The third kappa shape index (κ3) is 5.19. The second-order valence-corrected chi connectivity index (χ2v) is 10.4. The summed E-state index contributed by atoms with van der Waals surface area (Å²) in [6.07, 6.45) is 3.85. The van der Waals surface area contributed by atoms with Gasteiger partial charge in [0.05, 0.1) is 12.3 Å². The quantitative estimate of drug-likeness (QED) is 0.519. The number of hydrogen-bond donors (Lipinski definition) is 2.